The summed E-state index contributed by atoms with van der Waals surface area (Å²) >= 11 is -1.44. The molecule has 0 unspecified atom stereocenters. The van der Waals surface area contributed by atoms with Gasteiger partial charge >= 0.3 is 126 Å². The molecule has 0 saturated carbocycles. The van der Waals surface area contributed by atoms with Crippen molar-refractivity contribution in [1.29, 1.82) is 0 Å². The van der Waals surface area contributed by atoms with Gasteiger partial charge < -0.3 is 0 Å². The molecule has 0 N–H and O–H groups in total. The number of hydrogen-bond acceptors (Lipinski definition) is 2. The van der Waals surface area contributed by atoms with Crippen LogP contribution in [0.15, 0.2) is 24.3 Å². The van der Waals surface area contributed by atoms with Gasteiger partial charge in [-0.2, -0.15) is 0 Å². The summed E-state index contributed by atoms with van der Waals surface area (Å²) in [6.45, 7) is 12.8. The third kappa shape index (κ3) is 5.63. The minimum absolute atomic E-state index is 0.257. The van der Waals surface area contributed by atoms with Crippen molar-refractivity contribution in [2.45, 2.75) is 50.4 Å². The number of rotatable bonds is 5. The molecule has 0 atom stereocenters. The number of ether oxygens (including phenoxy) is 1. The van der Waals surface area contributed by atoms with Gasteiger partial charge in [0.05, 0.1) is 0 Å². The van der Waals surface area contributed by atoms with E-state index in [0.717, 1.165) is 11.5 Å². The predicted octanol–water partition coefficient (Wildman–Crippen LogP) is 4.78. The Morgan fingerprint density at radius 2 is 1.63 bits per heavy atom. The normalized spacial score (nSPS) is 12.9. The van der Waals surface area contributed by atoms with E-state index >= 15 is 0 Å². The van der Waals surface area contributed by atoms with E-state index in [0.29, 0.717) is 0 Å². The van der Waals surface area contributed by atoms with Gasteiger partial charge in [0.25, 0.3) is 0 Å². The average Bonchev–Trinajstić information content (AvgIpc) is 2.27. The molecular weight excluding hydrogens is 350 g/mol. The van der Waals surface area contributed by atoms with E-state index in [-0.39, 0.29) is 8.92 Å². The first-order chi connectivity index (χ1) is 8.64. The Bertz CT molecular complexity index is 413. The first-order valence-electron chi connectivity index (χ1n) is 6.52. The molecule has 1 aromatic carbocycles. The van der Waals surface area contributed by atoms with Crippen LogP contribution in [-0.2, 0) is 0 Å². The van der Waals surface area contributed by atoms with Crippen molar-refractivity contribution >= 4 is 27.5 Å². The van der Waals surface area contributed by atoms with Crippen LogP contribution in [0.25, 0.3) is 0 Å². The summed E-state index contributed by atoms with van der Waals surface area (Å²) in [6, 6.07) is 7.96. The SMILES string of the molecule is C[B]C(C)(C)Oc1cccc(OI(C)C(C)(C)C)c1. The van der Waals surface area contributed by atoms with E-state index in [1.807, 2.05) is 52.2 Å². The van der Waals surface area contributed by atoms with Gasteiger partial charge in [-0.1, -0.05) is 0 Å². The zero-order valence-corrected chi connectivity index (χ0v) is 15.2. The molecule has 1 aromatic rings. The third-order valence-electron chi connectivity index (χ3n) is 2.88. The van der Waals surface area contributed by atoms with Crippen molar-refractivity contribution < 1.29 is 7.80 Å². The molecule has 2 nitrogen and oxygen atoms in total. The van der Waals surface area contributed by atoms with Gasteiger partial charge in [-0.15, -0.1) is 0 Å². The molecule has 0 aliphatic carbocycles. The van der Waals surface area contributed by atoms with Gasteiger partial charge in [0, 0.05) is 0 Å². The van der Waals surface area contributed by atoms with Crippen LogP contribution in [0.3, 0.4) is 0 Å². The Morgan fingerprint density at radius 1 is 1.05 bits per heavy atom. The van der Waals surface area contributed by atoms with Gasteiger partial charge in [-0.3, -0.25) is 0 Å². The number of benzene rings is 1. The Hall–Kier alpha value is -0.385. The third-order valence-corrected chi connectivity index (χ3v) is 8.61. The van der Waals surface area contributed by atoms with Crippen molar-refractivity contribution in [3.63, 3.8) is 0 Å². The van der Waals surface area contributed by atoms with Crippen LogP contribution in [0.2, 0.25) is 6.82 Å². The van der Waals surface area contributed by atoms with E-state index in [9.17, 15) is 0 Å². The molecule has 107 valence electrons. The molecule has 19 heavy (non-hydrogen) atoms. The molecule has 1 radical (unpaired) electrons. The molecule has 0 aliphatic heterocycles. The van der Waals surface area contributed by atoms with E-state index in [1.165, 1.54) is 0 Å². The van der Waals surface area contributed by atoms with Gasteiger partial charge in [0.1, 0.15) is 0 Å². The van der Waals surface area contributed by atoms with Gasteiger partial charge in [-0.05, 0) is 0 Å². The molecule has 0 aromatic heterocycles. The second-order valence-corrected chi connectivity index (χ2v) is 12.1. The van der Waals surface area contributed by atoms with Crippen LogP contribution < -0.4 is 7.80 Å². The van der Waals surface area contributed by atoms with Crippen LogP contribution in [0.4, 0.5) is 0 Å². The molecule has 0 saturated heterocycles. The van der Waals surface area contributed by atoms with E-state index in [2.05, 4.69) is 25.7 Å². The van der Waals surface area contributed by atoms with Crippen molar-refractivity contribution in [3.05, 3.63) is 24.3 Å². The number of halogens is 1. The van der Waals surface area contributed by atoms with Crippen molar-refractivity contribution in [3.8, 4) is 11.5 Å². The molecule has 0 heterocycles. The molecule has 0 spiro atoms. The maximum absolute atomic E-state index is 6.13. The van der Waals surface area contributed by atoms with E-state index < -0.39 is 20.2 Å². The number of alkyl halides is 2. The Balaban J connectivity index is 2.78. The fraction of sp³-hybridized carbons (Fsp3) is 0.600. The zero-order valence-electron chi connectivity index (χ0n) is 13.1. The molecule has 0 bridgehead atoms. The quantitative estimate of drug-likeness (QED) is 0.419. The molecule has 1 rings (SSSR count). The molecule has 0 aliphatic rings. The number of hydrogen-bond donors (Lipinski definition) is 0. The average molecular weight is 375 g/mol. The molecule has 0 fully saturated rings. The Kier molecular flexibility index (Phi) is 5.59. The summed E-state index contributed by atoms with van der Waals surface area (Å²) in [5.41, 5.74) is -0.257. The summed E-state index contributed by atoms with van der Waals surface area (Å²) in [4.78, 5) is 2.25. The Morgan fingerprint density at radius 3 is 2.16 bits per heavy atom. The van der Waals surface area contributed by atoms with Crippen molar-refractivity contribution in [2.24, 2.45) is 0 Å². The summed E-state index contributed by atoms with van der Waals surface area (Å²) in [6.07, 6.45) is 0. The molecular formula is C15H25BIO2. The molecule has 4 heteroatoms. The molecule has 0 amide bonds. The monoisotopic (exact) mass is 375 g/mol. The predicted molar refractivity (Wildman–Crippen MR) is 93.1 cm³/mol. The van der Waals surface area contributed by atoms with Gasteiger partial charge in [-0.25, -0.2) is 0 Å². The summed E-state index contributed by atoms with van der Waals surface area (Å²) in [5.74, 6) is 1.78. The fourth-order valence-corrected chi connectivity index (χ4v) is 2.90. The first kappa shape index (κ1) is 16.7. The van der Waals surface area contributed by atoms with Crippen LogP contribution in [0.5, 0.6) is 11.5 Å². The van der Waals surface area contributed by atoms with Gasteiger partial charge in [0.15, 0.2) is 0 Å². The maximum atomic E-state index is 6.13. The summed E-state index contributed by atoms with van der Waals surface area (Å²) < 4.78 is 12.3. The second-order valence-electron chi connectivity index (χ2n) is 6.03. The van der Waals surface area contributed by atoms with Crippen LogP contribution in [-0.4, -0.2) is 21.1 Å². The van der Waals surface area contributed by atoms with Crippen LogP contribution >= 0.6 is 20.2 Å². The van der Waals surface area contributed by atoms with Gasteiger partial charge in [0.2, 0.25) is 0 Å². The summed E-state index contributed by atoms with van der Waals surface area (Å²) in [5, 5.41) is 0. The fourth-order valence-electron chi connectivity index (χ4n) is 1.20. The van der Waals surface area contributed by atoms with Crippen molar-refractivity contribution in [2.75, 3.05) is 4.93 Å². The Labute approximate surface area is 126 Å². The van der Waals surface area contributed by atoms with E-state index in [1.54, 1.807) is 0 Å². The topological polar surface area (TPSA) is 18.5 Å². The zero-order chi connectivity index (χ0) is 14.7. The minimum atomic E-state index is -1.44. The first-order valence-corrected chi connectivity index (χ1v) is 10.6. The van der Waals surface area contributed by atoms with E-state index in [4.69, 9.17) is 7.80 Å². The van der Waals surface area contributed by atoms with Crippen molar-refractivity contribution in [1.82, 2.24) is 0 Å². The summed E-state index contributed by atoms with van der Waals surface area (Å²) in [7, 11) is 2.05. The van der Waals surface area contributed by atoms with Crippen LogP contribution in [0.1, 0.15) is 34.6 Å². The van der Waals surface area contributed by atoms with Crippen LogP contribution in [0, 0.1) is 0 Å². The second kappa shape index (κ2) is 6.38. The standard InChI is InChI=1S/C15H25BIO2/c1-14(2,3)17(7)19-13-10-8-9-12(11-13)18-15(4,5)16-6/h8-11H,1-7H3.